The first-order valence-corrected chi connectivity index (χ1v) is 10.2. The van der Waals surface area contributed by atoms with Crippen LogP contribution in [0.1, 0.15) is 24.2 Å². The van der Waals surface area contributed by atoms with E-state index in [0.29, 0.717) is 28.5 Å². The van der Waals surface area contributed by atoms with Crippen LogP contribution >= 0.6 is 11.3 Å². The highest BCUT2D eigenvalue weighted by molar-refractivity contribution is 7.22. The maximum Gasteiger partial charge on any atom is 0.260 e. The van der Waals surface area contributed by atoms with E-state index in [1.807, 2.05) is 0 Å². The third-order valence-electron chi connectivity index (χ3n) is 4.84. The van der Waals surface area contributed by atoms with Crippen LogP contribution in [0.3, 0.4) is 0 Å². The van der Waals surface area contributed by atoms with Gasteiger partial charge in [-0.2, -0.15) is 0 Å². The number of aromatic nitrogens is 1. The van der Waals surface area contributed by atoms with E-state index in [-0.39, 0.29) is 11.7 Å². The average molecular weight is 403 g/mol. The lowest BCUT2D eigenvalue weighted by Crippen LogP contribution is -3.12. The summed E-state index contributed by atoms with van der Waals surface area (Å²) in [6.45, 7) is 7.62. The molecule has 1 N–H and O–H groups in total. The number of nitrogens with one attached hydrogen (secondary N) is 1. The largest absolute Gasteiger partial charge is 0.497 e. The number of benzene rings is 2. The van der Waals surface area contributed by atoms with Crippen molar-refractivity contribution in [3.8, 4) is 5.75 Å². The molecule has 0 aliphatic carbocycles. The Morgan fingerprint density at radius 1 is 1.18 bits per heavy atom. The Morgan fingerprint density at radius 3 is 2.54 bits per heavy atom. The van der Waals surface area contributed by atoms with Gasteiger partial charge >= 0.3 is 0 Å². The van der Waals surface area contributed by atoms with E-state index >= 15 is 0 Å². The molecule has 0 radical (unpaired) electrons. The van der Waals surface area contributed by atoms with Gasteiger partial charge in [-0.1, -0.05) is 11.3 Å². The number of rotatable bonds is 8. The number of anilines is 1. The van der Waals surface area contributed by atoms with Crippen molar-refractivity contribution in [2.45, 2.75) is 13.8 Å². The normalized spacial score (nSPS) is 11.2. The van der Waals surface area contributed by atoms with Gasteiger partial charge in [0.2, 0.25) is 0 Å². The number of amides is 1. The average Bonchev–Trinajstić information content (AvgIpc) is 3.13. The Kier molecular flexibility index (Phi) is 6.59. The molecule has 3 rings (SSSR count). The third kappa shape index (κ3) is 4.48. The molecule has 148 valence electrons. The Balaban J connectivity index is 1.93. The van der Waals surface area contributed by atoms with Crippen molar-refractivity contribution in [1.82, 2.24) is 4.98 Å². The Morgan fingerprint density at radius 2 is 1.89 bits per heavy atom. The van der Waals surface area contributed by atoms with Crippen molar-refractivity contribution in [2.24, 2.45) is 0 Å². The Labute approximate surface area is 168 Å². The van der Waals surface area contributed by atoms with Crippen molar-refractivity contribution in [3.63, 3.8) is 0 Å². The van der Waals surface area contributed by atoms with Gasteiger partial charge in [0.15, 0.2) is 5.13 Å². The number of quaternary nitrogens is 1. The van der Waals surface area contributed by atoms with Crippen molar-refractivity contribution >= 4 is 32.6 Å². The summed E-state index contributed by atoms with van der Waals surface area (Å²) in [7, 11) is 1.59. The summed E-state index contributed by atoms with van der Waals surface area (Å²) in [5.74, 6) is 0.281. The van der Waals surface area contributed by atoms with Gasteiger partial charge in [-0.25, -0.2) is 9.37 Å². The molecule has 0 spiro atoms. The van der Waals surface area contributed by atoms with E-state index < -0.39 is 0 Å². The quantitative estimate of drug-likeness (QED) is 0.630. The minimum atomic E-state index is -0.302. The van der Waals surface area contributed by atoms with E-state index in [1.54, 1.807) is 42.3 Å². The van der Waals surface area contributed by atoms with Crippen molar-refractivity contribution < 1.29 is 18.8 Å². The summed E-state index contributed by atoms with van der Waals surface area (Å²) in [4.78, 5) is 20.9. The first-order valence-electron chi connectivity index (χ1n) is 9.41. The SMILES string of the molecule is CC[NH+](CC)CCN(C(=O)c1ccc(OC)cc1)c1nc2ccc(F)cc2s1. The summed E-state index contributed by atoms with van der Waals surface area (Å²) in [6, 6.07) is 11.6. The minimum absolute atomic E-state index is 0.117. The lowest BCUT2D eigenvalue weighted by atomic mass is 10.2. The van der Waals surface area contributed by atoms with Crippen LogP contribution in [0.2, 0.25) is 0 Å². The number of carbonyl (C=O) groups is 1. The molecule has 0 bridgehead atoms. The zero-order valence-electron chi connectivity index (χ0n) is 16.4. The van der Waals surface area contributed by atoms with Crippen LogP contribution in [0.25, 0.3) is 10.2 Å². The fourth-order valence-electron chi connectivity index (χ4n) is 3.05. The highest BCUT2D eigenvalue weighted by Crippen LogP contribution is 2.30. The van der Waals surface area contributed by atoms with Gasteiger partial charge in [0.25, 0.3) is 5.91 Å². The molecule has 28 heavy (non-hydrogen) atoms. The zero-order valence-corrected chi connectivity index (χ0v) is 17.2. The molecule has 0 fully saturated rings. The summed E-state index contributed by atoms with van der Waals surface area (Å²) in [5.41, 5.74) is 1.27. The second-order valence-corrected chi connectivity index (χ2v) is 7.51. The summed E-state index contributed by atoms with van der Waals surface area (Å²) < 4.78 is 19.5. The molecular formula is C21H25FN3O2S+. The van der Waals surface area contributed by atoms with Crippen LogP contribution in [0.15, 0.2) is 42.5 Å². The van der Waals surface area contributed by atoms with E-state index in [9.17, 15) is 9.18 Å². The molecule has 0 aliphatic heterocycles. The van der Waals surface area contributed by atoms with Crippen LogP contribution in [0, 0.1) is 5.82 Å². The summed E-state index contributed by atoms with van der Waals surface area (Å²) in [6.07, 6.45) is 0. The molecular weight excluding hydrogens is 377 g/mol. The number of fused-ring (bicyclic) bond motifs is 1. The second kappa shape index (κ2) is 9.12. The number of nitrogens with zero attached hydrogens (tertiary/aromatic N) is 2. The number of halogens is 1. The van der Waals surface area contributed by atoms with Crippen molar-refractivity contribution in [1.29, 1.82) is 0 Å². The Bertz CT molecular complexity index is 938. The molecule has 1 aromatic heterocycles. The van der Waals surface area contributed by atoms with Gasteiger partial charge in [-0.05, 0) is 56.3 Å². The molecule has 0 aliphatic rings. The molecule has 3 aromatic rings. The van der Waals surface area contributed by atoms with Crippen LogP contribution in [0.4, 0.5) is 9.52 Å². The monoisotopic (exact) mass is 402 g/mol. The van der Waals surface area contributed by atoms with Crippen LogP contribution < -0.4 is 14.5 Å². The van der Waals surface area contributed by atoms with Gasteiger partial charge in [0.1, 0.15) is 11.6 Å². The summed E-state index contributed by atoms with van der Waals surface area (Å²) >= 11 is 1.34. The van der Waals surface area contributed by atoms with Gasteiger partial charge in [-0.3, -0.25) is 9.69 Å². The molecule has 0 unspecified atom stereocenters. The standard InChI is InChI=1S/C21H24FN3O2S/c1-4-24(5-2)12-13-25(20(26)15-6-9-17(27-3)10-7-15)21-23-18-11-8-16(22)14-19(18)28-21/h6-11,14H,4-5,12-13H2,1-3H3/p+1. The highest BCUT2D eigenvalue weighted by atomic mass is 32.1. The number of carbonyl (C=O) groups excluding carboxylic acids is 1. The first-order chi connectivity index (χ1) is 13.5. The van der Waals surface area contributed by atoms with E-state index in [0.717, 1.165) is 24.3 Å². The molecule has 7 heteroatoms. The zero-order chi connectivity index (χ0) is 20.1. The lowest BCUT2D eigenvalue weighted by molar-refractivity contribution is -0.894. The third-order valence-corrected chi connectivity index (χ3v) is 5.88. The van der Waals surface area contributed by atoms with Crippen LogP contribution in [0.5, 0.6) is 5.75 Å². The number of likely N-dealkylation sites (N-methyl/N-ethyl adjacent to an activating group) is 1. The fourth-order valence-corrected chi connectivity index (χ4v) is 4.06. The van der Waals surface area contributed by atoms with Gasteiger partial charge in [0, 0.05) is 5.56 Å². The summed E-state index contributed by atoms with van der Waals surface area (Å²) in [5, 5.41) is 0.591. The molecule has 0 saturated heterocycles. The molecule has 5 nitrogen and oxygen atoms in total. The molecule has 0 atom stereocenters. The fraction of sp³-hybridized carbons (Fsp3) is 0.333. The predicted octanol–water partition coefficient (Wildman–Crippen LogP) is 3.02. The molecule has 0 saturated carbocycles. The second-order valence-electron chi connectivity index (χ2n) is 6.50. The predicted molar refractivity (Wildman–Crippen MR) is 111 cm³/mol. The van der Waals surface area contributed by atoms with E-state index in [1.165, 1.54) is 28.4 Å². The van der Waals surface area contributed by atoms with Gasteiger partial charge in [0.05, 0.1) is 43.5 Å². The minimum Gasteiger partial charge on any atom is -0.497 e. The number of ether oxygens (including phenoxy) is 1. The van der Waals surface area contributed by atoms with Crippen LogP contribution in [-0.2, 0) is 0 Å². The first kappa shape index (κ1) is 20.2. The highest BCUT2D eigenvalue weighted by Gasteiger charge is 2.23. The molecule has 2 aromatic carbocycles. The van der Waals surface area contributed by atoms with E-state index in [4.69, 9.17) is 4.74 Å². The van der Waals surface area contributed by atoms with Crippen LogP contribution in [-0.4, -0.2) is 44.2 Å². The van der Waals surface area contributed by atoms with Gasteiger partial charge in [-0.15, -0.1) is 0 Å². The van der Waals surface area contributed by atoms with Crippen molar-refractivity contribution in [3.05, 3.63) is 53.8 Å². The lowest BCUT2D eigenvalue weighted by Gasteiger charge is -2.23. The maximum atomic E-state index is 13.6. The van der Waals surface area contributed by atoms with E-state index in [2.05, 4.69) is 18.8 Å². The van der Waals surface area contributed by atoms with Crippen molar-refractivity contribution in [2.75, 3.05) is 38.2 Å². The molecule has 1 heterocycles. The Hall–Kier alpha value is -2.51. The number of hydrogen-bond donors (Lipinski definition) is 1. The molecule has 1 amide bonds. The smallest absolute Gasteiger partial charge is 0.260 e. The number of thiazole rings is 1. The topological polar surface area (TPSA) is 46.9 Å². The maximum absolute atomic E-state index is 13.6. The number of methoxy groups -OCH3 is 1. The van der Waals surface area contributed by atoms with Gasteiger partial charge < -0.3 is 9.64 Å². The number of hydrogen-bond acceptors (Lipinski definition) is 4.